The standard InChI is InChI=1S/C31H43N3O5/c1-9-19-34(26(27(36)33-30(3,4)5)23-15-11-21(10-2)12-16-23)28(37)25(32-29(38)39-31(6,7)8)20-22-13-17-24(35)18-14-22/h9,11-18,25-26,35H,1,10,19-20H2,2-8H3,(H,32,38)(H,33,36). The zero-order valence-electron chi connectivity index (χ0n) is 24.2. The second-order valence-electron chi connectivity index (χ2n) is 11.6. The third kappa shape index (κ3) is 10.1. The minimum atomic E-state index is -1.05. The molecule has 0 radical (unpaired) electrons. The lowest BCUT2D eigenvalue weighted by atomic mass is 9.98. The van der Waals surface area contributed by atoms with Crippen LogP contribution >= 0.6 is 0 Å². The van der Waals surface area contributed by atoms with Gasteiger partial charge in [0.25, 0.3) is 0 Å². The SMILES string of the molecule is C=CCN(C(=O)C(Cc1ccc(O)cc1)NC(=O)OC(C)(C)C)C(C(=O)NC(C)(C)C)c1ccc(CC)cc1. The lowest BCUT2D eigenvalue weighted by molar-refractivity contribution is -0.142. The maximum atomic E-state index is 14.2. The van der Waals surface area contributed by atoms with Crippen molar-refractivity contribution in [2.45, 2.75) is 84.5 Å². The fraction of sp³-hybridized carbons (Fsp3) is 0.452. The van der Waals surface area contributed by atoms with Crippen molar-refractivity contribution in [2.75, 3.05) is 6.54 Å². The van der Waals surface area contributed by atoms with E-state index in [-0.39, 0.29) is 24.6 Å². The lowest BCUT2D eigenvalue weighted by Gasteiger charge is -2.35. The van der Waals surface area contributed by atoms with E-state index in [1.807, 2.05) is 52.0 Å². The number of benzene rings is 2. The number of rotatable bonds is 10. The van der Waals surface area contributed by atoms with Crippen LogP contribution in [0, 0.1) is 0 Å². The molecule has 3 N–H and O–H groups in total. The minimum Gasteiger partial charge on any atom is -0.508 e. The van der Waals surface area contributed by atoms with Crippen LogP contribution < -0.4 is 10.6 Å². The molecule has 0 saturated carbocycles. The molecule has 0 heterocycles. The molecule has 3 amide bonds. The maximum absolute atomic E-state index is 14.2. The van der Waals surface area contributed by atoms with E-state index in [0.717, 1.165) is 12.0 Å². The molecule has 0 aliphatic heterocycles. The molecule has 0 aromatic heterocycles. The highest BCUT2D eigenvalue weighted by Crippen LogP contribution is 2.25. The smallest absolute Gasteiger partial charge is 0.408 e. The first kappa shape index (κ1) is 31.4. The van der Waals surface area contributed by atoms with E-state index in [9.17, 15) is 19.5 Å². The Hall–Kier alpha value is -3.81. The Balaban J connectivity index is 2.55. The number of aromatic hydroxyl groups is 1. The summed E-state index contributed by atoms with van der Waals surface area (Å²) in [4.78, 5) is 42.1. The molecule has 0 bridgehead atoms. The summed E-state index contributed by atoms with van der Waals surface area (Å²) in [5.74, 6) is -0.727. The molecule has 0 aliphatic carbocycles. The van der Waals surface area contributed by atoms with E-state index in [0.29, 0.717) is 11.1 Å². The Kier molecular flexibility index (Phi) is 10.7. The zero-order valence-corrected chi connectivity index (χ0v) is 24.2. The number of phenols is 1. The van der Waals surface area contributed by atoms with Crippen LogP contribution in [-0.2, 0) is 27.2 Å². The predicted molar refractivity (Wildman–Crippen MR) is 153 cm³/mol. The normalized spacial score (nSPS) is 13.1. The Labute approximate surface area is 232 Å². The van der Waals surface area contributed by atoms with Crippen molar-refractivity contribution in [3.63, 3.8) is 0 Å². The van der Waals surface area contributed by atoms with E-state index in [4.69, 9.17) is 4.74 Å². The van der Waals surface area contributed by atoms with Crippen molar-refractivity contribution in [2.24, 2.45) is 0 Å². The van der Waals surface area contributed by atoms with E-state index in [1.54, 1.807) is 39.0 Å². The van der Waals surface area contributed by atoms with Gasteiger partial charge in [0.1, 0.15) is 23.4 Å². The highest BCUT2D eigenvalue weighted by Gasteiger charge is 2.37. The maximum Gasteiger partial charge on any atom is 0.408 e. The first-order valence-electron chi connectivity index (χ1n) is 13.2. The average Bonchev–Trinajstić information content (AvgIpc) is 2.82. The molecule has 2 aromatic rings. The fourth-order valence-corrected chi connectivity index (χ4v) is 4.03. The van der Waals surface area contributed by atoms with Crippen LogP contribution in [0.4, 0.5) is 4.79 Å². The van der Waals surface area contributed by atoms with Gasteiger partial charge in [-0.3, -0.25) is 9.59 Å². The van der Waals surface area contributed by atoms with Crippen molar-refractivity contribution in [3.8, 4) is 5.75 Å². The van der Waals surface area contributed by atoms with Gasteiger partial charge in [-0.2, -0.15) is 0 Å². The van der Waals surface area contributed by atoms with Crippen molar-refractivity contribution in [1.82, 2.24) is 15.5 Å². The number of aryl methyl sites for hydroxylation is 1. The first-order chi connectivity index (χ1) is 18.1. The summed E-state index contributed by atoms with van der Waals surface area (Å²) < 4.78 is 5.44. The molecule has 2 unspecified atom stereocenters. The second kappa shape index (κ2) is 13.3. The van der Waals surface area contributed by atoms with Crippen LogP contribution in [0.15, 0.2) is 61.2 Å². The molecule has 2 atom stereocenters. The van der Waals surface area contributed by atoms with Gasteiger partial charge in [0.05, 0.1) is 0 Å². The first-order valence-corrected chi connectivity index (χ1v) is 13.2. The molecule has 0 fully saturated rings. The number of alkyl carbamates (subject to hydrolysis) is 1. The summed E-state index contributed by atoms with van der Waals surface area (Å²) in [5.41, 5.74) is 1.15. The van der Waals surface area contributed by atoms with Gasteiger partial charge in [0.15, 0.2) is 0 Å². The minimum absolute atomic E-state index is 0.0681. The van der Waals surface area contributed by atoms with Crippen molar-refractivity contribution < 1.29 is 24.2 Å². The van der Waals surface area contributed by atoms with E-state index < -0.39 is 35.2 Å². The van der Waals surface area contributed by atoms with Crippen LogP contribution in [0.3, 0.4) is 0 Å². The summed E-state index contributed by atoms with van der Waals surface area (Å²) in [6, 6.07) is 12.0. The number of phenolic OH excluding ortho intramolecular Hbond substituents is 1. The van der Waals surface area contributed by atoms with E-state index in [1.165, 1.54) is 17.0 Å². The van der Waals surface area contributed by atoms with Gasteiger partial charge in [0.2, 0.25) is 11.8 Å². The van der Waals surface area contributed by atoms with Gasteiger partial charge in [0, 0.05) is 18.5 Å². The molecule has 0 saturated heterocycles. The second-order valence-corrected chi connectivity index (χ2v) is 11.6. The Morgan fingerprint density at radius 1 is 0.974 bits per heavy atom. The number of carbonyl (C=O) groups excluding carboxylic acids is 3. The van der Waals surface area contributed by atoms with Gasteiger partial charge in [-0.25, -0.2) is 4.79 Å². The zero-order chi connectivity index (χ0) is 29.4. The number of ether oxygens (including phenoxy) is 1. The van der Waals surface area contributed by atoms with Crippen LogP contribution in [-0.4, -0.2) is 51.6 Å². The van der Waals surface area contributed by atoms with E-state index >= 15 is 0 Å². The van der Waals surface area contributed by atoms with Gasteiger partial charge < -0.3 is 25.4 Å². The molecule has 0 aliphatic rings. The molecular formula is C31H43N3O5. The van der Waals surface area contributed by atoms with Crippen molar-refractivity contribution in [3.05, 3.63) is 77.9 Å². The van der Waals surface area contributed by atoms with Gasteiger partial charge >= 0.3 is 6.09 Å². The lowest BCUT2D eigenvalue weighted by Crippen LogP contribution is -2.55. The molecule has 212 valence electrons. The number of hydrogen-bond donors (Lipinski definition) is 3. The molecular weight excluding hydrogens is 494 g/mol. The predicted octanol–water partition coefficient (Wildman–Crippen LogP) is 5.06. The Morgan fingerprint density at radius 2 is 1.54 bits per heavy atom. The van der Waals surface area contributed by atoms with Crippen molar-refractivity contribution in [1.29, 1.82) is 0 Å². The molecule has 2 rings (SSSR count). The van der Waals surface area contributed by atoms with Crippen molar-refractivity contribution >= 4 is 17.9 Å². The van der Waals surface area contributed by atoms with E-state index in [2.05, 4.69) is 17.2 Å². The number of hydrogen-bond acceptors (Lipinski definition) is 5. The highest BCUT2D eigenvalue weighted by atomic mass is 16.6. The monoisotopic (exact) mass is 537 g/mol. The molecule has 39 heavy (non-hydrogen) atoms. The van der Waals surface area contributed by atoms with Crippen LogP contribution in [0.25, 0.3) is 0 Å². The third-order valence-corrected chi connectivity index (χ3v) is 5.74. The summed E-state index contributed by atoms with van der Waals surface area (Å²) in [6.45, 7) is 16.8. The highest BCUT2D eigenvalue weighted by molar-refractivity contribution is 5.92. The molecule has 2 aromatic carbocycles. The van der Waals surface area contributed by atoms with Crippen LogP contribution in [0.2, 0.25) is 0 Å². The number of nitrogens with one attached hydrogen (secondary N) is 2. The van der Waals surface area contributed by atoms with Gasteiger partial charge in [-0.05, 0) is 76.8 Å². The largest absolute Gasteiger partial charge is 0.508 e. The Morgan fingerprint density at radius 3 is 2.03 bits per heavy atom. The summed E-state index contributed by atoms with van der Waals surface area (Å²) in [7, 11) is 0. The van der Waals surface area contributed by atoms with Crippen LogP contribution in [0.1, 0.15) is 71.2 Å². The Bertz CT molecular complexity index is 1130. The molecule has 8 heteroatoms. The third-order valence-electron chi connectivity index (χ3n) is 5.74. The number of amides is 3. The van der Waals surface area contributed by atoms with Crippen LogP contribution in [0.5, 0.6) is 5.75 Å². The molecule has 8 nitrogen and oxygen atoms in total. The summed E-state index contributed by atoms with van der Waals surface area (Å²) in [5, 5.41) is 15.4. The summed E-state index contributed by atoms with van der Waals surface area (Å²) in [6.07, 6.45) is 1.76. The number of nitrogens with zero attached hydrogens (tertiary/aromatic N) is 1. The molecule has 0 spiro atoms. The number of carbonyl (C=O) groups is 3. The quantitative estimate of drug-likeness (QED) is 0.367. The topological polar surface area (TPSA) is 108 Å². The van der Waals surface area contributed by atoms with Gasteiger partial charge in [-0.1, -0.05) is 49.4 Å². The van der Waals surface area contributed by atoms with Gasteiger partial charge in [-0.15, -0.1) is 6.58 Å². The summed E-state index contributed by atoms with van der Waals surface area (Å²) >= 11 is 0. The average molecular weight is 538 g/mol. The fourth-order valence-electron chi connectivity index (χ4n) is 4.03.